The first-order chi connectivity index (χ1) is 9.20. The predicted molar refractivity (Wildman–Crippen MR) is 90.6 cm³/mol. The van der Waals surface area contributed by atoms with Crippen LogP contribution in [0.4, 0.5) is 5.69 Å². The maximum absolute atomic E-state index is 5.85. The van der Waals surface area contributed by atoms with E-state index in [9.17, 15) is 0 Å². The Morgan fingerprint density at radius 1 is 1.40 bits per heavy atom. The maximum atomic E-state index is 5.85. The molecule has 0 saturated heterocycles. The molecule has 2 rings (SSSR count). The van der Waals surface area contributed by atoms with Gasteiger partial charge in [0, 0.05) is 13.2 Å². The van der Waals surface area contributed by atoms with E-state index in [2.05, 4.69) is 15.4 Å². The maximum Gasteiger partial charge on any atom is 0.193 e. The summed E-state index contributed by atoms with van der Waals surface area (Å²) in [6, 6.07) is 9.44. The minimum Gasteiger partial charge on any atom is -0.495 e. The Balaban J connectivity index is 0.00000200. The topological polar surface area (TPSA) is 77.5 Å². The molecule has 0 amide bonds. The summed E-state index contributed by atoms with van der Waals surface area (Å²) < 4.78 is 6.99. The summed E-state index contributed by atoms with van der Waals surface area (Å²) >= 11 is 0. The van der Waals surface area contributed by atoms with E-state index < -0.39 is 0 Å². The summed E-state index contributed by atoms with van der Waals surface area (Å²) in [6.45, 7) is 0.477. The summed E-state index contributed by atoms with van der Waals surface area (Å²) in [5.74, 6) is 1.06. The van der Waals surface area contributed by atoms with Gasteiger partial charge in [0.15, 0.2) is 5.96 Å². The number of nitrogens with two attached hydrogens (primary N) is 1. The third-order valence-corrected chi connectivity index (χ3v) is 2.70. The van der Waals surface area contributed by atoms with Crippen molar-refractivity contribution in [3.63, 3.8) is 0 Å². The fraction of sp³-hybridized carbons (Fsp3) is 0.231. The Morgan fingerprint density at radius 3 is 2.80 bits per heavy atom. The molecule has 0 bridgehead atoms. The quantitative estimate of drug-likeness (QED) is 0.478. The number of nitrogens with one attached hydrogen (secondary N) is 1. The Hall–Kier alpha value is -1.77. The average molecular weight is 387 g/mol. The summed E-state index contributed by atoms with van der Waals surface area (Å²) in [5, 5.41) is 7.09. The zero-order valence-electron chi connectivity index (χ0n) is 11.4. The second-order valence-corrected chi connectivity index (χ2v) is 3.97. The van der Waals surface area contributed by atoms with E-state index in [1.54, 1.807) is 18.0 Å². The lowest BCUT2D eigenvalue weighted by Crippen LogP contribution is -2.23. The monoisotopic (exact) mass is 387 g/mol. The molecule has 0 aliphatic carbocycles. The number of methoxy groups -OCH3 is 1. The molecule has 1 aromatic carbocycles. The van der Waals surface area contributed by atoms with Crippen LogP contribution < -0.4 is 15.8 Å². The van der Waals surface area contributed by atoms with Crippen molar-refractivity contribution in [2.75, 3.05) is 12.4 Å². The van der Waals surface area contributed by atoms with Crippen LogP contribution in [-0.2, 0) is 13.6 Å². The van der Waals surface area contributed by atoms with Gasteiger partial charge in [-0.25, -0.2) is 4.99 Å². The SMILES string of the molecule is COc1ccccc1NC(N)=NCc1ccnn1C.I. The summed E-state index contributed by atoms with van der Waals surface area (Å²) in [4.78, 5) is 4.27. The van der Waals surface area contributed by atoms with Gasteiger partial charge in [0.25, 0.3) is 0 Å². The molecule has 0 atom stereocenters. The number of ether oxygens (including phenoxy) is 1. The first-order valence-electron chi connectivity index (χ1n) is 5.87. The first kappa shape index (κ1) is 16.3. The van der Waals surface area contributed by atoms with E-state index >= 15 is 0 Å². The van der Waals surface area contributed by atoms with E-state index in [0.29, 0.717) is 12.5 Å². The first-order valence-corrected chi connectivity index (χ1v) is 5.87. The average Bonchev–Trinajstić information content (AvgIpc) is 2.82. The smallest absolute Gasteiger partial charge is 0.193 e. The standard InChI is InChI=1S/C13H17N5O.HI/c1-18-10(7-8-16-18)9-15-13(14)17-11-5-3-4-6-12(11)19-2;/h3-8H,9H2,1-2H3,(H3,14,15,17);1H. The highest BCUT2D eigenvalue weighted by Crippen LogP contribution is 2.22. The van der Waals surface area contributed by atoms with Crippen LogP contribution in [0.15, 0.2) is 41.5 Å². The normalized spacial score (nSPS) is 10.8. The zero-order chi connectivity index (χ0) is 13.7. The highest BCUT2D eigenvalue weighted by Gasteiger charge is 2.02. The van der Waals surface area contributed by atoms with Crippen molar-refractivity contribution in [3.05, 3.63) is 42.2 Å². The molecule has 0 saturated carbocycles. The van der Waals surface area contributed by atoms with Crippen LogP contribution in [0.3, 0.4) is 0 Å². The molecule has 0 fully saturated rings. The van der Waals surface area contributed by atoms with Gasteiger partial charge in [-0.15, -0.1) is 24.0 Å². The highest BCUT2D eigenvalue weighted by atomic mass is 127. The molecule has 1 heterocycles. The molecule has 20 heavy (non-hydrogen) atoms. The lowest BCUT2D eigenvalue weighted by Gasteiger charge is -2.10. The van der Waals surface area contributed by atoms with Crippen LogP contribution in [0.25, 0.3) is 0 Å². The summed E-state index contributed by atoms with van der Waals surface area (Å²) in [7, 11) is 3.48. The number of hydrogen-bond donors (Lipinski definition) is 2. The van der Waals surface area contributed by atoms with Gasteiger partial charge >= 0.3 is 0 Å². The Bertz CT molecular complexity index is 582. The Labute approximate surface area is 135 Å². The second kappa shape index (κ2) is 7.73. The summed E-state index contributed by atoms with van der Waals surface area (Å²) in [6.07, 6.45) is 1.73. The van der Waals surface area contributed by atoms with Crippen molar-refractivity contribution in [1.82, 2.24) is 9.78 Å². The van der Waals surface area contributed by atoms with Gasteiger partial charge in [0.1, 0.15) is 5.75 Å². The van der Waals surface area contributed by atoms with Gasteiger partial charge in [-0.1, -0.05) is 12.1 Å². The van der Waals surface area contributed by atoms with E-state index in [4.69, 9.17) is 10.5 Å². The van der Waals surface area contributed by atoms with Crippen molar-refractivity contribution in [1.29, 1.82) is 0 Å². The largest absolute Gasteiger partial charge is 0.495 e. The number of nitrogens with zero attached hydrogens (tertiary/aromatic N) is 3. The van der Waals surface area contributed by atoms with Gasteiger partial charge in [0.2, 0.25) is 0 Å². The van der Waals surface area contributed by atoms with E-state index in [-0.39, 0.29) is 24.0 Å². The minimum atomic E-state index is 0. The number of para-hydroxylation sites is 2. The number of anilines is 1. The molecule has 2 aromatic rings. The van der Waals surface area contributed by atoms with Crippen LogP contribution in [0.1, 0.15) is 5.69 Å². The van der Waals surface area contributed by atoms with Crippen molar-refractivity contribution in [3.8, 4) is 5.75 Å². The molecule has 3 N–H and O–H groups in total. The molecular formula is C13H18IN5O. The third kappa shape index (κ3) is 4.12. The van der Waals surface area contributed by atoms with Crippen LogP contribution in [0, 0.1) is 0 Å². The second-order valence-electron chi connectivity index (χ2n) is 3.97. The zero-order valence-corrected chi connectivity index (χ0v) is 13.7. The van der Waals surface area contributed by atoms with Crippen molar-refractivity contribution >= 4 is 35.6 Å². The van der Waals surface area contributed by atoms with Gasteiger partial charge in [-0.05, 0) is 18.2 Å². The molecule has 6 nitrogen and oxygen atoms in total. The van der Waals surface area contributed by atoms with Gasteiger partial charge in [-0.2, -0.15) is 5.10 Å². The number of rotatable bonds is 4. The van der Waals surface area contributed by atoms with Crippen LogP contribution in [0.5, 0.6) is 5.75 Å². The number of hydrogen-bond acceptors (Lipinski definition) is 3. The number of halogens is 1. The number of guanidine groups is 1. The van der Waals surface area contributed by atoms with Crippen LogP contribution in [-0.4, -0.2) is 22.8 Å². The predicted octanol–water partition coefficient (Wildman–Crippen LogP) is 1.97. The Kier molecular flexibility index (Phi) is 6.29. The van der Waals surface area contributed by atoms with Crippen molar-refractivity contribution in [2.24, 2.45) is 17.8 Å². The fourth-order valence-electron chi connectivity index (χ4n) is 1.65. The number of aliphatic imine (C=N–C) groups is 1. The number of aromatic nitrogens is 2. The lowest BCUT2D eigenvalue weighted by molar-refractivity contribution is 0.417. The molecule has 108 valence electrons. The van der Waals surface area contributed by atoms with Crippen molar-refractivity contribution in [2.45, 2.75) is 6.54 Å². The van der Waals surface area contributed by atoms with E-state index in [1.807, 2.05) is 37.4 Å². The van der Waals surface area contributed by atoms with Gasteiger partial charge < -0.3 is 15.8 Å². The van der Waals surface area contributed by atoms with Crippen molar-refractivity contribution < 1.29 is 4.74 Å². The molecule has 7 heteroatoms. The summed E-state index contributed by atoms with van der Waals surface area (Å²) in [5.41, 5.74) is 7.63. The molecule has 0 radical (unpaired) electrons. The molecular weight excluding hydrogens is 369 g/mol. The van der Waals surface area contributed by atoms with Crippen LogP contribution in [0.2, 0.25) is 0 Å². The molecule has 0 spiro atoms. The van der Waals surface area contributed by atoms with E-state index in [0.717, 1.165) is 17.1 Å². The number of aryl methyl sites for hydroxylation is 1. The van der Waals surface area contributed by atoms with Gasteiger partial charge in [-0.3, -0.25) is 4.68 Å². The number of benzene rings is 1. The lowest BCUT2D eigenvalue weighted by atomic mass is 10.3. The molecule has 0 unspecified atom stereocenters. The van der Waals surface area contributed by atoms with E-state index in [1.165, 1.54) is 0 Å². The molecule has 1 aromatic heterocycles. The highest BCUT2D eigenvalue weighted by molar-refractivity contribution is 14.0. The fourth-order valence-corrected chi connectivity index (χ4v) is 1.65. The molecule has 0 aliphatic heterocycles. The minimum absolute atomic E-state index is 0. The van der Waals surface area contributed by atoms with Crippen LogP contribution >= 0.6 is 24.0 Å². The third-order valence-electron chi connectivity index (χ3n) is 2.70. The Morgan fingerprint density at radius 2 is 2.15 bits per heavy atom. The van der Waals surface area contributed by atoms with Gasteiger partial charge in [0.05, 0.1) is 25.0 Å². The molecule has 0 aliphatic rings.